The molecule has 5 aliphatic rings. The summed E-state index contributed by atoms with van der Waals surface area (Å²) >= 11 is 6.23. The number of nitrogens with zero attached hydrogens (tertiary/aromatic N) is 7. The van der Waals surface area contributed by atoms with E-state index in [1.807, 2.05) is 40.3 Å². The third-order valence-corrected chi connectivity index (χ3v) is 14.5. The zero-order chi connectivity index (χ0) is 45.7. The maximum absolute atomic E-state index is 14.1. The van der Waals surface area contributed by atoms with Gasteiger partial charge in [0.15, 0.2) is 5.69 Å². The van der Waals surface area contributed by atoms with Gasteiger partial charge < -0.3 is 40.5 Å². The summed E-state index contributed by atoms with van der Waals surface area (Å²) in [5, 5.41) is 21.1. The number of pyridine rings is 1. The SMILES string of the molecule is CCc1cccc(-c2cnc3c(c2)NCC2CC(OC4CCN(CC(=O)NCCNC[C@@H](C(=O)N5CCN(c6ncnc7c6[C@H](C)C[C@H]7O)CC5)c5ccc(Cl)cc5)CC4)CCN2C3=O)c1. The monoisotopic (exact) mass is 918 g/mol. The van der Waals surface area contributed by atoms with Crippen molar-refractivity contribution in [2.75, 3.05) is 88.8 Å². The van der Waals surface area contributed by atoms with E-state index in [4.69, 9.17) is 16.3 Å². The second kappa shape index (κ2) is 20.8. The molecule has 4 N–H and O–H groups in total. The van der Waals surface area contributed by atoms with Crippen LogP contribution in [0.4, 0.5) is 11.5 Å². The summed E-state index contributed by atoms with van der Waals surface area (Å²) in [7, 11) is 0. The first-order valence-corrected chi connectivity index (χ1v) is 24.3. The third-order valence-electron chi connectivity index (χ3n) is 14.2. The maximum atomic E-state index is 14.1. The number of piperazine rings is 1. The predicted octanol–water partition coefficient (Wildman–Crippen LogP) is 5.01. The molecule has 2 aromatic heterocycles. The number of rotatable bonds is 14. The van der Waals surface area contributed by atoms with E-state index < -0.39 is 12.0 Å². The lowest BCUT2D eigenvalue weighted by atomic mass is 9.97. The third kappa shape index (κ3) is 10.3. The zero-order valence-corrected chi connectivity index (χ0v) is 38.9. The van der Waals surface area contributed by atoms with Crippen molar-refractivity contribution < 1.29 is 24.2 Å². The topological polar surface area (TPSA) is 168 Å². The first-order chi connectivity index (χ1) is 32.1. The van der Waals surface area contributed by atoms with E-state index in [1.165, 1.54) is 11.9 Å². The Morgan fingerprint density at radius 1 is 0.924 bits per heavy atom. The van der Waals surface area contributed by atoms with Crippen molar-refractivity contribution in [3.63, 3.8) is 0 Å². The molecule has 4 aromatic rings. The van der Waals surface area contributed by atoms with Gasteiger partial charge in [-0.1, -0.05) is 61.8 Å². The fourth-order valence-corrected chi connectivity index (χ4v) is 10.6. The molecule has 1 aliphatic carbocycles. The lowest BCUT2D eigenvalue weighted by molar-refractivity contribution is -0.133. The van der Waals surface area contributed by atoms with Gasteiger partial charge in [-0.3, -0.25) is 19.3 Å². The molecular weight excluding hydrogens is 856 g/mol. The van der Waals surface area contributed by atoms with Crippen molar-refractivity contribution in [3.8, 4) is 11.1 Å². The molecular formula is C50H63ClN10O5. The molecule has 66 heavy (non-hydrogen) atoms. The molecule has 0 saturated carbocycles. The Kier molecular flexibility index (Phi) is 14.5. The zero-order valence-electron chi connectivity index (χ0n) is 38.1. The second-order valence-corrected chi connectivity index (χ2v) is 19.0. The van der Waals surface area contributed by atoms with Crippen LogP contribution in [0.5, 0.6) is 0 Å². The molecule has 3 amide bonds. The van der Waals surface area contributed by atoms with Crippen molar-refractivity contribution in [3.05, 3.63) is 100 Å². The number of anilines is 2. The normalized spacial score (nSPS) is 22.8. The standard InChI is InChI=1S/C50H63ClN10O5/c1-3-33-5-4-6-35(24-33)36-25-42-46(55-27-36)50(65)61-18-13-40(26-38(61)28-54-42)66-39-11-16-58(17-12-39)30-44(63)53-15-14-52-29-41(34-7-9-37(51)10-8-34)49(64)60-21-19-59(20-22-60)48-45-32(2)23-43(62)47(45)56-31-57-48/h4-10,24-25,27,31-32,38-41,43,52,54,62H,3,11-23,26,28-30H2,1-2H3,(H,53,63)/t32-,38?,40?,41-,43-/m1/s1. The van der Waals surface area contributed by atoms with E-state index >= 15 is 0 Å². The fourth-order valence-electron chi connectivity index (χ4n) is 10.5. The maximum Gasteiger partial charge on any atom is 0.274 e. The fraction of sp³-hybridized carbons (Fsp3) is 0.520. The number of carbonyl (C=O) groups excluding carboxylic acids is 3. The molecule has 15 nitrogen and oxygen atoms in total. The van der Waals surface area contributed by atoms with E-state index in [2.05, 4.69) is 84.9 Å². The minimum absolute atomic E-state index is 0.0197. The number of fused-ring (bicyclic) bond motifs is 3. The van der Waals surface area contributed by atoms with Crippen LogP contribution in [0.15, 0.2) is 67.1 Å². The van der Waals surface area contributed by atoms with Crippen molar-refractivity contribution in [2.24, 2.45) is 0 Å². The number of aliphatic hydroxyl groups excluding tert-OH is 1. The molecule has 3 saturated heterocycles. The van der Waals surface area contributed by atoms with Gasteiger partial charge in [-0.05, 0) is 79.3 Å². The average Bonchev–Trinajstić information content (AvgIpc) is 3.56. The summed E-state index contributed by atoms with van der Waals surface area (Å²) in [5.41, 5.74) is 7.26. The van der Waals surface area contributed by atoms with E-state index in [0.29, 0.717) is 82.6 Å². The number of benzene rings is 2. The van der Waals surface area contributed by atoms with Crippen LogP contribution in [0.1, 0.15) is 96.8 Å². The molecule has 6 heterocycles. The van der Waals surface area contributed by atoms with Crippen molar-refractivity contribution in [1.82, 2.24) is 40.3 Å². The molecule has 350 valence electrons. The number of piperidine rings is 2. The first kappa shape index (κ1) is 45.9. The Bertz CT molecular complexity index is 2350. The van der Waals surface area contributed by atoms with Gasteiger partial charge in [0.25, 0.3) is 5.91 Å². The molecule has 2 aromatic carbocycles. The number of aromatic nitrogens is 3. The van der Waals surface area contributed by atoms with E-state index in [0.717, 1.165) is 84.6 Å². The Morgan fingerprint density at radius 3 is 2.50 bits per heavy atom. The molecule has 2 unspecified atom stereocenters. The predicted molar refractivity (Wildman–Crippen MR) is 255 cm³/mol. The van der Waals surface area contributed by atoms with Crippen LogP contribution in [0.2, 0.25) is 5.02 Å². The van der Waals surface area contributed by atoms with E-state index in [-0.39, 0.29) is 41.9 Å². The van der Waals surface area contributed by atoms with E-state index in [9.17, 15) is 19.5 Å². The Morgan fingerprint density at radius 2 is 1.71 bits per heavy atom. The largest absolute Gasteiger partial charge is 0.387 e. The van der Waals surface area contributed by atoms with Gasteiger partial charge in [-0.25, -0.2) is 15.0 Å². The number of likely N-dealkylation sites (tertiary alicyclic amines) is 1. The minimum atomic E-state index is -0.565. The van der Waals surface area contributed by atoms with Crippen LogP contribution < -0.4 is 20.9 Å². The summed E-state index contributed by atoms with van der Waals surface area (Å²) in [6.45, 7) is 11.2. The molecule has 3 fully saturated rings. The highest BCUT2D eigenvalue weighted by Gasteiger charge is 2.38. The number of halogens is 1. The lowest BCUT2D eigenvalue weighted by Gasteiger charge is -2.40. The molecule has 9 rings (SSSR count). The van der Waals surface area contributed by atoms with Crippen LogP contribution >= 0.6 is 11.6 Å². The number of amides is 3. The Labute approximate surface area is 392 Å². The van der Waals surface area contributed by atoms with Gasteiger partial charge >= 0.3 is 0 Å². The summed E-state index contributed by atoms with van der Waals surface area (Å²) < 4.78 is 6.67. The summed E-state index contributed by atoms with van der Waals surface area (Å²) in [6.07, 6.45) is 7.86. The van der Waals surface area contributed by atoms with Crippen LogP contribution in [0.25, 0.3) is 11.1 Å². The van der Waals surface area contributed by atoms with E-state index in [1.54, 1.807) is 0 Å². The molecule has 4 aliphatic heterocycles. The van der Waals surface area contributed by atoms with Crippen LogP contribution in [0, 0.1) is 0 Å². The quantitative estimate of drug-likeness (QED) is 0.125. The first-order valence-electron chi connectivity index (χ1n) is 23.9. The number of nitrogens with one attached hydrogen (secondary N) is 3. The number of ether oxygens (including phenoxy) is 1. The average molecular weight is 920 g/mol. The highest BCUT2D eigenvalue weighted by molar-refractivity contribution is 6.30. The van der Waals surface area contributed by atoms with Crippen molar-refractivity contribution in [2.45, 2.75) is 88.6 Å². The van der Waals surface area contributed by atoms with Gasteiger partial charge in [0.05, 0.1) is 48.2 Å². The summed E-state index contributed by atoms with van der Waals surface area (Å²) in [5.74, 6) is 0.629. The molecule has 5 atom stereocenters. The highest BCUT2D eigenvalue weighted by atomic mass is 35.5. The van der Waals surface area contributed by atoms with Gasteiger partial charge in [-0.2, -0.15) is 0 Å². The summed E-state index contributed by atoms with van der Waals surface area (Å²) in [4.78, 5) is 62.7. The molecule has 0 spiro atoms. The Hall–Kier alpha value is -5.19. The Balaban J connectivity index is 0.691. The number of aliphatic hydroxyl groups is 1. The molecule has 0 bridgehead atoms. The molecule has 16 heteroatoms. The van der Waals surface area contributed by atoms with Gasteiger partial charge in [-0.15, -0.1) is 0 Å². The van der Waals surface area contributed by atoms with Crippen molar-refractivity contribution >= 4 is 40.8 Å². The van der Waals surface area contributed by atoms with Gasteiger partial charge in [0, 0.05) is 94.3 Å². The van der Waals surface area contributed by atoms with Gasteiger partial charge in [0.1, 0.15) is 12.1 Å². The van der Waals surface area contributed by atoms with Crippen LogP contribution in [0.3, 0.4) is 0 Å². The lowest BCUT2D eigenvalue weighted by Crippen LogP contribution is -2.51. The summed E-state index contributed by atoms with van der Waals surface area (Å²) in [6, 6.07) is 18.0. The minimum Gasteiger partial charge on any atom is -0.387 e. The van der Waals surface area contributed by atoms with Crippen molar-refractivity contribution in [1.29, 1.82) is 0 Å². The van der Waals surface area contributed by atoms with Crippen LogP contribution in [-0.2, 0) is 20.7 Å². The van der Waals surface area contributed by atoms with Crippen LogP contribution in [-0.4, -0.2) is 149 Å². The highest BCUT2D eigenvalue weighted by Crippen LogP contribution is 2.43. The molecule has 0 radical (unpaired) electrons. The number of hydrogen-bond donors (Lipinski definition) is 4. The second-order valence-electron chi connectivity index (χ2n) is 18.6. The smallest absolute Gasteiger partial charge is 0.274 e. The number of hydrogen-bond acceptors (Lipinski definition) is 12. The van der Waals surface area contributed by atoms with Gasteiger partial charge in [0.2, 0.25) is 11.8 Å². The number of carbonyl (C=O) groups is 3. The number of aryl methyl sites for hydroxylation is 1.